The molecule has 1 atom stereocenters. The lowest BCUT2D eigenvalue weighted by Gasteiger charge is -2.22. The normalized spacial score (nSPS) is 17.0. The Morgan fingerprint density at radius 2 is 2.19 bits per heavy atom. The van der Waals surface area contributed by atoms with Gasteiger partial charge in [0.2, 0.25) is 0 Å². The minimum absolute atomic E-state index is 0.149. The lowest BCUT2D eigenvalue weighted by Crippen LogP contribution is -2.32. The van der Waals surface area contributed by atoms with Crippen molar-refractivity contribution >= 4 is 33.5 Å². The highest BCUT2D eigenvalue weighted by Gasteiger charge is 2.25. The van der Waals surface area contributed by atoms with Crippen LogP contribution in [0.1, 0.15) is 29.0 Å². The molecule has 1 saturated heterocycles. The fourth-order valence-corrected chi connectivity index (χ4v) is 4.40. The van der Waals surface area contributed by atoms with Gasteiger partial charge in [0.1, 0.15) is 5.82 Å². The second-order valence-electron chi connectivity index (χ2n) is 8.13. The van der Waals surface area contributed by atoms with Crippen molar-refractivity contribution in [2.45, 2.75) is 25.4 Å². The van der Waals surface area contributed by atoms with E-state index in [0.717, 1.165) is 59.6 Å². The van der Waals surface area contributed by atoms with E-state index in [9.17, 15) is 4.79 Å². The molecule has 2 N–H and O–H groups in total. The number of nitrogens with zero attached hydrogens (tertiary/aromatic N) is 4. The number of hydrogen-bond donors (Lipinski definition) is 2. The SMILES string of the molecule is COCC1CCCN1Cc1nc2ccc(NC(=O)c3ccc4c(cnn4C)c3)cc2[nH]1. The number of anilines is 1. The molecule has 5 rings (SSSR count). The zero-order valence-electron chi connectivity index (χ0n) is 17.8. The predicted octanol–water partition coefficient (Wildman–Crippen LogP) is 3.31. The van der Waals surface area contributed by atoms with Gasteiger partial charge in [-0.15, -0.1) is 0 Å². The van der Waals surface area contributed by atoms with Gasteiger partial charge in [-0.05, 0) is 55.8 Å². The van der Waals surface area contributed by atoms with Gasteiger partial charge in [0.15, 0.2) is 0 Å². The summed E-state index contributed by atoms with van der Waals surface area (Å²) < 4.78 is 7.14. The average Bonchev–Trinajstić information content (AvgIpc) is 3.47. The molecule has 1 aliphatic rings. The number of ether oxygens (including phenoxy) is 1. The van der Waals surface area contributed by atoms with Gasteiger partial charge >= 0.3 is 0 Å². The number of nitrogens with one attached hydrogen (secondary N) is 2. The maximum atomic E-state index is 12.8. The van der Waals surface area contributed by atoms with E-state index < -0.39 is 0 Å². The smallest absolute Gasteiger partial charge is 0.255 e. The van der Waals surface area contributed by atoms with Crippen LogP contribution in [0.4, 0.5) is 5.69 Å². The van der Waals surface area contributed by atoms with Gasteiger partial charge in [-0.25, -0.2) is 4.98 Å². The Hall–Kier alpha value is -3.23. The van der Waals surface area contributed by atoms with Crippen LogP contribution in [0.3, 0.4) is 0 Å². The number of benzene rings is 2. The monoisotopic (exact) mass is 418 g/mol. The summed E-state index contributed by atoms with van der Waals surface area (Å²) in [5.41, 5.74) is 4.14. The molecule has 8 nitrogen and oxygen atoms in total. The van der Waals surface area contributed by atoms with E-state index in [1.807, 2.05) is 43.4 Å². The number of imidazole rings is 1. The van der Waals surface area contributed by atoms with Crippen LogP contribution in [0.2, 0.25) is 0 Å². The molecule has 3 heterocycles. The Bertz CT molecular complexity index is 1240. The number of aryl methyl sites for hydroxylation is 1. The second kappa shape index (κ2) is 8.13. The van der Waals surface area contributed by atoms with Crippen molar-refractivity contribution in [1.82, 2.24) is 24.6 Å². The zero-order valence-corrected chi connectivity index (χ0v) is 17.8. The van der Waals surface area contributed by atoms with Crippen molar-refractivity contribution in [1.29, 1.82) is 0 Å². The summed E-state index contributed by atoms with van der Waals surface area (Å²) in [7, 11) is 3.64. The van der Waals surface area contributed by atoms with Crippen LogP contribution < -0.4 is 5.32 Å². The first-order valence-corrected chi connectivity index (χ1v) is 10.6. The maximum absolute atomic E-state index is 12.8. The van der Waals surface area contributed by atoms with Crippen LogP contribution in [0, 0.1) is 0 Å². The molecule has 0 spiro atoms. The number of methoxy groups -OCH3 is 1. The molecule has 0 radical (unpaired) electrons. The molecule has 1 fully saturated rings. The van der Waals surface area contributed by atoms with Gasteiger partial charge in [0.25, 0.3) is 5.91 Å². The highest BCUT2D eigenvalue weighted by atomic mass is 16.5. The Morgan fingerprint density at radius 1 is 1.29 bits per heavy atom. The minimum atomic E-state index is -0.149. The first-order chi connectivity index (χ1) is 15.1. The third-order valence-corrected chi connectivity index (χ3v) is 6.01. The minimum Gasteiger partial charge on any atom is -0.383 e. The number of rotatable bonds is 6. The summed E-state index contributed by atoms with van der Waals surface area (Å²) >= 11 is 0. The number of hydrogen-bond acceptors (Lipinski definition) is 5. The number of fused-ring (bicyclic) bond motifs is 2. The van der Waals surface area contributed by atoms with E-state index in [1.165, 1.54) is 6.42 Å². The van der Waals surface area contributed by atoms with Crippen molar-refractivity contribution in [2.75, 3.05) is 25.6 Å². The molecule has 1 amide bonds. The second-order valence-corrected chi connectivity index (χ2v) is 8.13. The summed E-state index contributed by atoms with van der Waals surface area (Å²) in [5, 5.41) is 8.16. The van der Waals surface area contributed by atoms with E-state index in [0.29, 0.717) is 11.6 Å². The Morgan fingerprint density at radius 3 is 3.06 bits per heavy atom. The van der Waals surface area contributed by atoms with Gasteiger partial charge in [0, 0.05) is 36.8 Å². The van der Waals surface area contributed by atoms with Crippen LogP contribution in [-0.4, -0.2) is 56.9 Å². The third kappa shape index (κ3) is 3.92. The number of likely N-dealkylation sites (tertiary alicyclic amines) is 1. The number of carbonyl (C=O) groups is 1. The van der Waals surface area contributed by atoms with E-state index >= 15 is 0 Å². The number of aromatic nitrogens is 4. The van der Waals surface area contributed by atoms with Crippen LogP contribution in [0.25, 0.3) is 21.9 Å². The fourth-order valence-electron chi connectivity index (χ4n) is 4.40. The fraction of sp³-hybridized carbons (Fsp3) is 0.348. The molecular weight excluding hydrogens is 392 g/mol. The number of amides is 1. The summed E-state index contributed by atoms with van der Waals surface area (Å²) in [6, 6.07) is 11.8. The summed E-state index contributed by atoms with van der Waals surface area (Å²) in [5.74, 6) is 0.785. The Kier molecular flexibility index (Phi) is 5.17. The molecule has 160 valence electrons. The largest absolute Gasteiger partial charge is 0.383 e. The van der Waals surface area contributed by atoms with Gasteiger partial charge in [-0.3, -0.25) is 14.4 Å². The van der Waals surface area contributed by atoms with Gasteiger partial charge in [-0.1, -0.05) is 0 Å². The average molecular weight is 419 g/mol. The highest BCUT2D eigenvalue weighted by molar-refractivity contribution is 6.06. The van der Waals surface area contributed by atoms with Gasteiger partial charge in [0.05, 0.1) is 35.9 Å². The van der Waals surface area contributed by atoms with E-state index in [4.69, 9.17) is 9.72 Å². The molecule has 2 aromatic heterocycles. The molecule has 0 saturated carbocycles. The van der Waals surface area contributed by atoms with Crippen LogP contribution in [0.15, 0.2) is 42.6 Å². The molecule has 8 heteroatoms. The van der Waals surface area contributed by atoms with Crippen molar-refractivity contribution in [3.8, 4) is 0 Å². The van der Waals surface area contributed by atoms with Gasteiger partial charge < -0.3 is 15.0 Å². The molecule has 4 aromatic rings. The molecule has 1 aliphatic heterocycles. The lowest BCUT2D eigenvalue weighted by atomic mass is 10.1. The van der Waals surface area contributed by atoms with E-state index in [1.54, 1.807) is 18.0 Å². The summed E-state index contributed by atoms with van der Waals surface area (Å²) in [4.78, 5) is 23.3. The standard InChI is InChI=1S/C23H26N6O2/c1-28-21-8-5-15(10-16(21)12-24-28)23(30)25-17-6-7-19-20(11-17)27-22(26-19)13-29-9-3-4-18(29)14-31-2/h5-8,10-12,18H,3-4,9,13-14H2,1-2H3,(H,25,30)(H,26,27). The van der Waals surface area contributed by atoms with E-state index in [2.05, 4.69) is 20.3 Å². The molecule has 2 aromatic carbocycles. The maximum Gasteiger partial charge on any atom is 0.255 e. The topological polar surface area (TPSA) is 88.1 Å². The Labute approximate surface area is 180 Å². The van der Waals surface area contributed by atoms with Crippen molar-refractivity contribution in [3.05, 3.63) is 54.0 Å². The quantitative estimate of drug-likeness (QED) is 0.502. The van der Waals surface area contributed by atoms with Crippen LogP contribution in [-0.2, 0) is 18.3 Å². The van der Waals surface area contributed by atoms with Crippen molar-refractivity contribution in [2.24, 2.45) is 7.05 Å². The number of H-pyrrole nitrogens is 1. The highest BCUT2D eigenvalue weighted by Crippen LogP contribution is 2.23. The third-order valence-electron chi connectivity index (χ3n) is 6.01. The summed E-state index contributed by atoms with van der Waals surface area (Å²) in [6.45, 7) is 2.59. The molecule has 0 bridgehead atoms. The molecule has 31 heavy (non-hydrogen) atoms. The van der Waals surface area contributed by atoms with E-state index in [-0.39, 0.29) is 5.91 Å². The number of aromatic amines is 1. The van der Waals surface area contributed by atoms with Crippen molar-refractivity contribution in [3.63, 3.8) is 0 Å². The Balaban J connectivity index is 1.31. The molecular formula is C23H26N6O2. The van der Waals surface area contributed by atoms with Crippen molar-refractivity contribution < 1.29 is 9.53 Å². The molecule has 0 aliphatic carbocycles. The number of carbonyl (C=O) groups excluding carboxylic acids is 1. The first-order valence-electron chi connectivity index (χ1n) is 10.6. The summed E-state index contributed by atoms with van der Waals surface area (Å²) in [6.07, 6.45) is 4.12. The lowest BCUT2D eigenvalue weighted by molar-refractivity contribution is 0.102. The zero-order chi connectivity index (χ0) is 21.4. The van der Waals surface area contributed by atoms with Gasteiger partial charge in [-0.2, -0.15) is 5.10 Å². The van der Waals surface area contributed by atoms with Crippen LogP contribution in [0.5, 0.6) is 0 Å². The predicted molar refractivity (Wildman–Crippen MR) is 120 cm³/mol. The van der Waals surface area contributed by atoms with Crippen LogP contribution >= 0.6 is 0 Å². The molecule has 1 unspecified atom stereocenters. The first kappa shape index (κ1) is 19.7.